The first-order chi connectivity index (χ1) is 7.72. The van der Waals surface area contributed by atoms with Crippen LogP contribution in [0.1, 0.15) is 25.0 Å². The molecule has 16 heavy (non-hydrogen) atoms. The second kappa shape index (κ2) is 6.95. The van der Waals surface area contributed by atoms with Gasteiger partial charge in [-0.1, -0.05) is 5.21 Å². The molecule has 0 aromatic carbocycles. The van der Waals surface area contributed by atoms with Crippen molar-refractivity contribution >= 4 is 5.97 Å². The first-order valence-electron chi connectivity index (χ1n) is 5.32. The molecule has 0 atom stereocenters. The van der Waals surface area contributed by atoms with Gasteiger partial charge >= 0.3 is 5.97 Å². The fourth-order valence-corrected chi connectivity index (χ4v) is 1.33. The maximum atomic E-state index is 10.3. The number of aliphatic carboxylic acids is 1. The van der Waals surface area contributed by atoms with Gasteiger partial charge in [0.2, 0.25) is 0 Å². The van der Waals surface area contributed by atoms with Crippen molar-refractivity contribution in [1.82, 2.24) is 15.0 Å². The average molecular weight is 227 g/mol. The van der Waals surface area contributed by atoms with E-state index < -0.39 is 5.97 Å². The van der Waals surface area contributed by atoms with Gasteiger partial charge in [0, 0.05) is 19.7 Å². The predicted molar refractivity (Wildman–Crippen MR) is 57.1 cm³/mol. The minimum Gasteiger partial charge on any atom is -0.481 e. The maximum Gasteiger partial charge on any atom is 0.303 e. The van der Waals surface area contributed by atoms with E-state index in [4.69, 9.17) is 9.84 Å². The highest BCUT2D eigenvalue weighted by molar-refractivity contribution is 5.66. The molecular formula is C10H17N3O3. The van der Waals surface area contributed by atoms with E-state index in [0.29, 0.717) is 19.6 Å². The lowest BCUT2D eigenvalue weighted by Crippen LogP contribution is -2.04. The highest BCUT2D eigenvalue weighted by Gasteiger charge is 2.02. The summed E-state index contributed by atoms with van der Waals surface area (Å²) in [6.45, 7) is 1.31. The highest BCUT2D eigenvalue weighted by Crippen LogP contribution is 2.03. The summed E-state index contributed by atoms with van der Waals surface area (Å²) in [6, 6.07) is 0. The average Bonchev–Trinajstić information content (AvgIpc) is 2.69. The number of unbranched alkanes of at least 4 members (excludes halogenated alkanes) is 1. The summed E-state index contributed by atoms with van der Waals surface area (Å²) >= 11 is 0. The predicted octanol–water partition coefficient (Wildman–Crippen LogP) is 0.722. The first-order valence-corrected chi connectivity index (χ1v) is 5.32. The number of carboxylic acids is 1. The van der Waals surface area contributed by atoms with Crippen LogP contribution in [-0.4, -0.2) is 39.8 Å². The van der Waals surface area contributed by atoms with Crippen LogP contribution in [0.2, 0.25) is 0 Å². The number of ether oxygens (including phenoxy) is 1. The lowest BCUT2D eigenvalue weighted by Gasteiger charge is -1.97. The maximum absolute atomic E-state index is 10.3. The Kier molecular flexibility index (Phi) is 5.49. The Morgan fingerprint density at radius 3 is 3.06 bits per heavy atom. The van der Waals surface area contributed by atoms with Gasteiger partial charge in [0.05, 0.1) is 18.8 Å². The van der Waals surface area contributed by atoms with Gasteiger partial charge in [0.1, 0.15) is 0 Å². The molecule has 0 amide bonds. The fraction of sp³-hybridized carbons (Fsp3) is 0.700. The van der Waals surface area contributed by atoms with E-state index in [1.807, 2.05) is 6.20 Å². The Morgan fingerprint density at radius 1 is 1.56 bits per heavy atom. The number of methoxy groups -OCH3 is 1. The largest absolute Gasteiger partial charge is 0.481 e. The van der Waals surface area contributed by atoms with Crippen LogP contribution in [0, 0.1) is 0 Å². The second-order valence-corrected chi connectivity index (χ2v) is 3.57. The molecule has 0 spiro atoms. The van der Waals surface area contributed by atoms with Crippen LogP contribution in [0.5, 0.6) is 0 Å². The summed E-state index contributed by atoms with van der Waals surface area (Å²) in [7, 11) is 1.64. The van der Waals surface area contributed by atoms with Crippen molar-refractivity contribution in [2.24, 2.45) is 0 Å². The van der Waals surface area contributed by atoms with E-state index in [2.05, 4.69) is 10.3 Å². The lowest BCUT2D eigenvalue weighted by molar-refractivity contribution is -0.137. The minimum atomic E-state index is -0.747. The molecule has 0 saturated heterocycles. The molecule has 0 radical (unpaired) electrons. The molecule has 1 N–H and O–H groups in total. The third kappa shape index (κ3) is 4.88. The molecule has 0 aliphatic rings. The van der Waals surface area contributed by atoms with E-state index in [-0.39, 0.29) is 6.42 Å². The summed E-state index contributed by atoms with van der Waals surface area (Å²) < 4.78 is 6.66. The normalized spacial score (nSPS) is 10.6. The molecule has 0 aliphatic carbocycles. The van der Waals surface area contributed by atoms with Crippen LogP contribution >= 0.6 is 0 Å². The van der Waals surface area contributed by atoms with E-state index in [1.165, 1.54) is 0 Å². The van der Waals surface area contributed by atoms with Crippen LogP contribution in [0.15, 0.2) is 6.20 Å². The fourth-order valence-electron chi connectivity index (χ4n) is 1.33. The zero-order valence-electron chi connectivity index (χ0n) is 9.43. The van der Waals surface area contributed by atoms with E-state index in [0.717, 1.165) is 18.5 Å². The Morgan fingerprint density at radius 2 is 2.38 bits per heavy atom. The number of hydrogen-bond donors (Lipinski definition) is 1. The number of aromatic nitrogens is 3. The number of aryl methyl sites for hydroxylation is 1. The van der Waals surface area contributed by atoms with Crippen molar-refractivity contribution in [2.75, 3.05) is 13.7 Å². The molecule has 90 valence electrons. The smallest absolute Gasteiger partial charge is 0.303 e. The molecular weight excluding hydrogens is 210 g/mol. The van der Waals surface area contributed by atoms with Crippen LogP contribution < -0.4 is 0 Å². The molecule has 0 bridgehead atoms. The number of nitrogens with zero attached hydrogens (tertiary/aromatic N) is 3. The van der Waals surface area contributed by atoms with Crippen LogP contribution in [-0.2, 0) is 22.5 Å². The Labute approximate surface area is 94.2 Å². The lowest BCUT2D eigenvalue weighted by atomic mass is 10.1. The van der Waals surface area contributed by atoms with E-state index in [9.17, 15) is 4.79 Å². The van der Waals surface area contributed by atoms with Crippen LogP contribution in [0.4, 0.5) is 0 Å². The Balaban J connectivity index is 2.21. The number of rotatable bonds is 8. The minimum absolute atomic E-state index is 0.220. The summed E-state index contributed by atoms with van der Waals surface area (Å²) in [4.78, 5) is 10.3. The highest BCUT2D eigenvalue weighted by atomic mass is 16.5. The molecule has 1 aromatic rings. The summed E-state index contributed by atoms with van der Waals surface area (Å²) in [5.41, 5.74) is 0.904. The number of carboxylic acid groups (broad SMARTS) is 1. The molecule has 0 aliphatic heterocycles. The van der Waals surface area contributed by atoms with E-state index >= 15 is 0 Å². The van der Waals surface area contributed by atoms with Crippen LogP contribution in [0.3, 0.4) is 0 Å². The molecule has 0 fully saturated rings. The SMILES string of the molecule is COCCn1cc(CCCCC(=O)O)nn1. The zero-order valence-corrected chi connectivity index (χ0v) is 9.43. The topological polar surface area (TPSA) is 77.2 Å². The van der Waals surface area contributed by atoms with Gasteiger partial charge in [0.15, 0.2) is 0 Å². The summed E-state index contributed by atoms with van der Waals surface area (Å²) in [5.74, 6) is -0.747. The molecule has 1 rings (SSSR count). The number of hydrogen-bond acceptors (Lipinski definition) is 4. The Bertz CT molecular complexity index is 325. The van der Waals surface area contributed by atoms with Gasteiger partial charge in [-0.2, -0.15) is 0 Å². The third-order valence-corrected chi connectivity index (χ3v) is 2.18. The van der Waals surface area contributed by atoms with Gasteiger partial charge < -0.3 is 9.84 Å². The van der Waals surface area contributed by atoms with Gasteiger partial charge in [0.25, 0.3) is 0 Å². The van der Waals surface area contributed by atoms with Crippen molar-refractivity contribution in [3.63, 3.8) is 0 Å². The molecule has 0 saturated carbocycles. The van der Waals surface area contributed by atoms with Gasteiger partial charge in [-0.05, 0) is 19.3 Å². The molecule has 1 aromatic heterocycles. The molecule has 6 nitrogen and oxygen atoms in total. The monoisotopic (exact) mass is 227 g/mol. The second-order valence-electron chi connectivity index (χ2n) is 3.57. The molecule has 1 heterocycles. The van der Waals surface area contributed by atoms with Gasteiger partial charge in [-0.3, -0.25) is 4.79 Å². The summed E-state index contributed by atoms with van der Waals surface area (Å²) in [6.07, 6.45) is 4.38. The van der Waals surface area contributed by atoms with Crippen LogP contribution in [0.25, 0.3) is 0 Å². The Hall–Kier alpha value is -1.43. The van der Waals surface area contributed by atoms with Crippen molar-refractivity contribution in [1.29, 1.82) is 0 Å². The van der Waals surface area contributed by atoms with Crippen molar-refractivity contribution in [3.8, 4) is 0 Å². The number of carbonyl (C=O) groups is 1. The zero-order chi connectivity index (χ0) is 11.8. The third-order valence-electron chi connectivity index (χ3n) is 2.18. The summed E-state index contributed by atoms with van der Waals surface area (Å²) in [5, 5.41) is 16.4. The molecule has 6 heteroatoms. The van der Waals surface area contributed by atoms with Crippen molar-refractivity contribution in [2.45, 2.75) is 32.2 Å². The van der Waals surface area contributed by atoms with Crippen molar-refractivity contribution in [3.05, 3.63) is 11.9 Å². The molecule has 0 unspecified atom stereocenters. The van der Waals surface area contributed by atoms with Gasteiger partial charge in [-0.15, -0.1) is 5.10 Å². The van der Waals surface area contributed by atoms with Crippen molar-refractivity contribution < 1.29 is 14.6 Å². The van der Waals surface area contributed by atoms with Gasteiger partial charge in [-0.25, -0.2) is 4.68 Å². The van der Waals surface area contributed by atoms with E-state index in [1.54, 1.807) is 11.8 Å². The first kappa shape index (κ1) is 12.6. The quantitative estimate of drug-likeness (QED) is 0.662. The standard InChI is InChI=1S/C10H17N3O3/c1-16-7-6-13-8-9(11-12-13)4-2-3-5-10(14)15/h8H,2-7H2,1H3,(H,14,15).